The van der Waals surface area contributed by atoms with Crippen LogP contribution in [0.25, 0.3) is 0 Å². The Bertz CT molecular complexity index is 640. The molecule has 0 amide bonds. The van der Waals surface area contributed by atoms with Gasteiger partial charge in [-0.3, -0.25) is 0 Å². The van der Waals surface area contributed by atoms with E-state index in [0.717, 1.165) is 12.1 Å². The van der Waals surface area contributed by atoms with Gasteiger partial charge in [-0.1, -0.05) is 24.3 Å². The molecule has 1 heterocycles. The predicted octanol–water partition coefficient (Wildman–Crippen LogP) is 4.10. The number of rotatable bonds is 1. The number of hydrogen-bond donors (Lipinski definition) is 1. The lowest BCUT2D eigenvalue weighted by molar-refractivity contribution is -0.157. The molecule has 3 heteroatoms. The van der Waals surface area contributed by atoms with Crippen molar-refractivity contribution in [3.63, 3.8) is 0 Å². The highest BCUT2D eigenvalue weighted by Crippen LogP contribution is 2.47. The Morgan fingerprint density at radius 1 is 1.23 bits per heavy atom. The Kier molecular flexibility index (Phi) is 3.54. The Morgan fingerprint density at radius 2 is 1.91 bits per heavy atom. The van der Waals surface area contributed by atoms with Crippen LogP contribution in [0.2, 0.25) is 0 Å². The molecule has 1 N–H and O–H groups in total. The van der Waals surface area contributed by atoms with Crippen LogP contribution >= 0.6 is 0 Å². The average Bonchev–Trinajstić information content (AvgIpc) is 2.88. The minimum Gasteiger partial charge on any atom is -0.458 e. The summed E-state index contributed by atoms with van der Waals surface area (Å²) in [6.07, 6.45) is 5.38. The summed E-state index contributed by atoms with van der Waals surface area (Å²) in [6, 6.07) is 4.02. The molecule has 3 rings (SSSR count). The number of allylic oxidation sites excluding steroid dienone is 2. The van der Waals surface area contributed by atoms with Gasteiger partial charge in [-0.2, -0.15) is 0 Å². The number of anilines is 1. The Morgan fingerprint density at radius 3 is 2.59 bits per heavy atom. The smallest absolute Gasteiger partial charge is 0.329 e. The number of carbonyl (C=O) groups is 1. The third-order valence-electron chi connectivity index (χ3n) is 4.61. The average molecular weight is 299 g/mol. The van der Waals surface area contributed by atoms with E-state index < -0.39 is 5.60 Å². The number of ether oxygens (including phenoxy) is 1. The number of benzene rings is 1. The molecule has 1 aromatic rings. The van der Waals surface area contributed by atoms with Crippen molar-refractivity contribution in [3.8, 4) is 0 Å². The van der Waals surface area contributed by atoms with Crippen molar-refractivity contribution in [1.29, 1.82) is 0 Å². The topological polar surface area (TPSA) is 38.3 Å². The summed E-state index contributed by atoms with van der Waals surface area (Å²) in [7, 11) is 0. The number of fused-ring (bicyclic) bond motifs is 3. The number of carbonyl (C=O) groups excluding carboxylic acids is 1. The number of nitrogens with one attached hydrogen (secondary N) is 1. The fourth-order valence-corrected chi connectivity index (χ4v) is 3.64. The second-order valence-electron chi connectivity index (χ2n) is 7.50. The molecule has 0 aromatic heterocycles. The Labute approximate surface area is 132 Å². The third kappa shape index (κ3) is 2.53. The SMILES string of the molecule is Cc1ccc(C)c2c1N[C@@H](C(=O)OC(C)(C)C)[C@H]1CC=C[C@@H]21. The van der Waals surface area contributed by atoms with Gasteiger partial charge in [-0.05, 0) is 57.7 Å². The lowest BCUT2D eigenvalue weighted by atomic mass is 9.77. The highest BCUT2D eigenvalue weighted by atomic mass is 16.6. The van der Waals surface area contributed by atoms with Gasteiger partial charge in [0.1, 0.15) is 11.6 Å². The van der Waals surface area contributed by atoms with Gasteiger partial charge in [0.2, 0.25) is 0 Å². The predicted molar refractivity (Wildman–Crippen MR) is 89.2 cm³/mol. The van der Waals surface area contributed by atoms with Crippen LogP contribution < -0.4 is 5.32 Å². The van der Waals surface area contributed by atoms with Gasteiger partial charge in [0.05, 0.1) is 0 Å². The standard InChI is InChI=1S/C19H25NO2/c1-11-9-10-12(2)16-15(11)13-7-6-8-14(13)17(20-16)18(21)22-19(3,4)5/h6-7,9-10,13-14,17,20H,8H2,1-5H3/t13-,14+,17-/m1/s1. The van der Waals surface area contributed by atoms with Crippen molar-refractivity contribution in [2.75, 3.05) is 5.32 Å². The molecule has 0 unspecified atom stereocenters. The number of aryl methyl sites for hydroxylation is 2. The molecule has 3 nitrogen and oxygen atoms in total. The molecule has 0 radical (unpaired) electrons. The normalized spacial score (nSPS) is 26.1. The molecular formula is C19H25NO2. The molecule has 22 heavy (non-hydrogen) atoms. The molecule has 0 spiro atoms. The molecule has 0 bridgehead atoms. The summed E-state index contributed by atoms with van der Waals surface area (Å²) < 4.78 is 5.64. The quantitative estimate of drug-likeness (QED) is 0.627. The van der Waals surface area contributed by atoms with Crippen molar-refractivity contribution < 1.29 is 9.53 Å². The molecule has 118 valence electrons. The van der Waals surface area contributed by atoms with E-state index in [1.165, 1.54) is 16.7 Å². The van der Waals surface area contributed by atoms with Gasteiger partial charge in [0.15, 0.2) is 0 Å². The maximum Gasteiger partial charge on any atom is 0.329 e. The van der Waals surface area contributed by atoms with Crippen LogP contribution in [-0.2, 0) is 9.53 Å². The highest BCUT2D eigenvalue weighted by Gasteiger charge is 2.43. The fraction of sp³-hybridized carbons (Fsp3) is 0.526. The Hall–Kier alpha value is -1.77. The number of hydrogen-bond acceptors (Lipinski definition) is 3. The van der Waals surface area contributed by atoms with E-state index in [2.05, 4.69) is 43.4 Å². The van der Waals surface area contributed by atoms with Crippen LogP contribution in [0.4, 0.5) is 5.69 Å². The van der Waals surface area contributed by atoms with E-state index in [4.69, 9.17) is 4.74 Å². The van der Waals surface area contributed by atoms with E-state index in [0.29, 0.717) is 5.92 Å². The first-order valence-electron chi connectivity index (χ1n) is 8.04. The molecular weight excluding hydrogens is 274 g/mol. The molecule has 0 fully saturated rings. The van der Waals surface area contributed by atoms with Crippen LogP contribution in [0, 0.1) is 19.8 Å². The summed E-state index contributed by atoms with van der Waals surface area (Å²) in [5.74, 6) is 0.425. The van der Waals surface area contributed by atoms with E-state index in [1.807, 2.05) is 20.8 Å². The minimum atomic E-state index is -0.456. The maximum atomic E-state index is 12.6. The third-order valence-corrected chi connectivity index (χ3v) is 4.61. The van der Waals surface area contributed by atoms with Gasteiger partial charge >= 0.3 is 5.97 Å². The Balaban J connectivity index is 2.00. The zero-order valence-electron chi connectivity index (χ0n) is 14.1. The molecule has 1 aliphatic carbocycles. The van der Waals surface area contributed by atoms with Gasteiger partial charge in [-0.25, -0.2) is 4.79 Å². The summed E-state index contributed by atoms with van der Waals surface area (Å²) in [6.45, 7) is 10.00. The van der Waals surface area contributed by atoms with E-state index in [9.17, 15) is 4.79 Å². The largest absolute Gasteiger partial charge is 0.458 e. The van der Waals surface area contributed by atoms with Gasteiger partial charge < -0.3 is 10.1 Å². The van der Waals surface area contributed by atoms with Crippen molar-refractivity contribution in [2.24, 2.45) is 5.92 Å². The van der Waals surface area contributed by atoms with E-state index in [-0.39, 0.29) is 17.9 Å². The summed E-state index contributed by atoms with van der Waals surface area (Å²) in [4.78, 5) is 12.6. The van der Waals surface area contributed by atoms with Crippen LogP contribution in [0.1, 0.15) is 49.8 Å². The summed E-state index contributed by atoms with van der Waals surface area (Å²) in [5, 5.41) is 3.49. The highest BCUT2D eigenvalue weighted by molar-refractivity contribution is 5.83. The number of esters is 1. The molecule has 0 saturated carbocycles. The summed E-state index contributed by atoms with van der Waals surface area (Å²) in [5.41, 5.74) is 4.48. The first-order chi connectivity index (χ1) is 10.3. The second-order valence-corrected chi connectivity index (χ2v) is 7.50. The van der Waals surface area contributed by atoms with Crippen molar-refractivity contribution >= 4 is 11.7 Å². The fourth-order valence-electron chi connectivity index (χ4n) is 3.64. The summed E-state index contributed by atoms with van der Waals surface area (Å²) >= 11 is 0. The minimum absolute atomic E-state index is 0.141. The van der Waals surface area contributed by atoms with Crippen molar-refractivity contribution in [1.82, 2.24) is 0 Å². The second kappa shape index (κ2) is 5.15. The zero-order valence-corrected chi connectivity index (χ0v) is 14.1. The van der Waals surface area contributed by atoms with Gasteiger partial charge in [0, 0.05) is 17.5 Å². The zero-order chi connectivity index (χ0) is 16.1. The lowest BCUT2D eigenvalue weighted by Crippen LogP contribution is -2.45. The molecule has 0 saturated heterocycles. The molecule has 1 aromatic carbocycles. The first-order valence-corrected chi connectivity index (χ1v) is 8.04. The molecule has 1 aliphatic heterocycles. The van der Waals surface area contributed by atoms with Crippen LogP contribution in [-0.4, -0.2) is 17.6 Å². The molecule has 2 aliphatic rings. The van der Waals surface area contributed by atoms with Crippen LogP contribution in [0.3, 0.4) is 0 Å². The van der Waals surface area contributed by atoms with Gasteiger partial charge in [-0.15, -0.1) is 0 Å². The first kappa shape index (κ1) is 15.1. The maximum absolute atomic E-state index is 12.6. The van der Waals surface area contributed by atoms with Crippen LogP contribution in [0.15, 0.2) is 24.3 Å². The lowest BCUT2D eigenvalue weighted by Gasteiger charge is -2.38. The van der Waals surface area contributed by atoms with Crippen molar-refractivity contribution in [2.45, 2.75) is 58.6 Å². The monoisotopic (exact) mass is 299 g/mol. The van der Waals surface area contributed by atoms with Gasteiger partial charge in [0.25, 0.3) is 0 Å². The van der Waals surface area contributed by atoms with Crippen LogP contribution in [0.5, 0.6) is 0 Å². The molecule has 3 atom stereocenters. The van der Waals surface area contributed by atoms with E-state index >= 15 is 0 Å². The van der Waals surface area contributed by atoms with E-state index in [1.54, 1.807) is 0 Å². The van der Waals surface area contributed by atoms with Crippen molar-refractivity contribution in [3.05, 3.63) is 41.0 Å².